The Morgan fingerprint density at radius 3 is 2.81 bits per heavy atom. The second kappa shape index (κ2) is 7.02. The summed E-state index contributed by atoms with van der Waals surface area (Å²) in [5.74, 6) is 0. The average Bonchev–Trinajstić information content (AvgIpc) is 2.93. The van der Waals surface area contributed by atoms with E-state index in [0.717, 1.165) is 24.1 Å². The molecule has 0 spiro atoms. The van der Waals surface area contributed by atoms with Crippen LogP contribution in [0.25, 0.3) is 0 Å². The molecule has 0 fully saturated rings. The quantitative estimate of drug-likeness (QED) is 0.768. The van der Waals surface area contributed by atoms with Crippen LogP contribution >= 0.6 is 11.3 Å². The topological polar surface area (TPSA) is 71.1 Å². The van der Waals surface area contributed by atoms with Crippen LogP contribution in [-0.4, -0.2) is 19.9 Å². The maximum atomic E-state index is 12.3. The highest BCUT2D eigenvalue weighted by Gasteiger charge is 2.16. The van der Waals surface area contributed by atoms with E-state index in [0.29, 0.717) is 11.7 Å². The van der Waals surface area contributed by atoms with Crippen molar-refractivity contribution in [2.75, 3.05) is 11.3 Å². The molecule has 114 valence electrons. The number of rotatable bonds is 7. The lowest BCUT2D eigenvalue weighted by atomic mass is 10.1. The van der Waals surface area contributed by atoms with Gasteiger partial charge in [-0.25, -0.2) is 13.4 Å². The Balaban J connectivity index is 2.20. The van der Waals surface area contributed by atoms with Crippen molar-refractivity contribution >= 4 is 26.5 Å². The van der Waals surface area contributed by atoms with Crippen LogP contribution in [0.1, 0.15) is 24.5 Å². The van der Waals surface area contributed by atoms with Gasteiger partial charge in [0.25, 0.3) is 10.0 Å². The number of sulfonamides is 1. The normalized spacial score (nSPS) is 11.5. The van der Waals surface area contributed by atoms with Crippen molar-refractivity contribution in [3.05, 3.63) is 40.9 Å². The predicted molar refractivity (Wildman–Crippen MR) is 86.1 cm³/mol. The number of nitrogens with one attached hydrogen (secondary N) is 2. The van der Waals surface area contributed by atoms with Crippen molar-refractivity contribution in [2.24, 2.45) is 0 Å². The fourth-order valence-electron chi connectivity index (χ4n) is 1.85. The zero-order valence-electron chi connectivity index (χ0n) is 12.1. The van der Waals surface area contributed by atoms with E-state index in [9.17, 15) is 8.42 Å². The standard InChI is InChI=1S/C14H19N3O2S2/c1-3-6-15-10-12-9-13(5-4-11(12)2)21(18,19)17-14-16-7-8-20-14/h4-5,7-9,15H,3,6,10H2,1-2H3,(H,16,17). The Kier molecular flexibility index (Phi) is 5.33. The van der Waals surface area contributed by atoms with Crippen molar-refractivity contribution in [3.63, 3.8) is 0 Å². The Hall–Kier alpha value is -1.44. The third-order valence-corrected chi connectivity index (χ3v) is 5.18. The monoisotopic (exact) mass is 325 g/mol. The summed E-state index contributed by atoms with van der Waals surface area (Å²) in [5.41, 5.74) is 2.07. The summed E-state index contributed by atoms with van der Waals surface area (Å²) in [5, 5.41) is 5.40. The molecule has 0 saturated carbocycles. The van der Waals surface area contributed by atoms with Crippen LogP contribution < -0.4 is 10.0 Å². The molecular formula is C14H19N3O2S2. The fraction of sp³-hybridized carbons (Fsp3) is 0.357. The highest BCUT2D eigenvalue weighted by molar-refractivity contribution is 7.93. The number of nitrogens with zero attached hydrogens (tertiary/aromatic N) is 1. The first-order valence-corrected chi connectivity index (χ1v) is 9.12. The number of aryl methyl sites for hydroxylation is 1. The van der Waals surface area contributed by atoms with E-state index >= 15 is 0 Å². The van der Waals surface area contributed by atoms with E-state index in [1.165, 1.54) is 11.3 Å². The summed E-state index contributed by atoms with van der Waals surface area (Å²) in [4.78, 5) is 4.20. The summed E-state index contributed by atoms with van der Waals surface area (Å²) < 4.78 is 27.1. The molecule has 1 heterocycles. The van der Waals surface area contributed by atoms with E-state index in [-0.39, 0.29) is 4.90 Å². The first-order valence-electron chi connectivity index (χ1n) is 6.75. The summed E-state index contributed by atoms with van der Waals surface area (Å²) in [6, 6.07) is 5.17. The third-order valence-electron chi connectivity index (χ3n) is 3.03. The number of thiazole rings is 1. The van der Waals surface area contributed by atoms with Gasteiger partial charge in [0.05, 0.1) is 4.90 Å². The molecule has 21 heavy (non-hydrogen) atoms. The van der Waals surface area contributed by atoms with Gasteiger partial charge < -0.3 is 5.32 Å². The maximum Gasteiger partial charge on any atom is 0.263 e. The molecule has 1 aromatic heterocycles. The lowest BCUT2D eigenvalue weighted by Gasteiger charge is -2.11. The molecule has 0 radical (unpaired) electrons. The van der Waals surface area contributed by atoms with Crippen LogP contribution in [0.15, 0.2) is 34.7 Å². The molecule has 0 saturated heterocycles. The molecular weight excluding hydrogens is 306 g/mol. The molecule has 0 aliphatic heterocycles. The smallest absolute Gasteiger partial charge is 0.263 e. The highest BCUT2D eigenvalue weighted by atomic mass is 32.2. The van der Waals surface area contributed by atoms with Gasteiger partial charge in [0.2, 0.25) is 0 Å². The second-order valence-electron chi connectivity index (χ2n) is 4.71. The molecule has 0 atom stereocenters. The van der Waals surface area contributed by atoms with Crippen LogP contribution in [0.4, 0.5) is 5.13 Å². The minimum Gasteiger partial charge on any atom is -0.313 e. The van der Waals surface area contributed by atoms with Crippen LogP contribution in [0, 0.1) is 6.92 Å². The van der Waals surface area contributed by atoms with Crippen molar-refractivity contribution in [3.8, 4) is 0 Å². The van der Waals surface area contributed by atoms with E-state index < -0.39 is 10.0 Å². The van der Waals surface area contributed by atoms with Gasteiger partial charge in [-0.2, -0.15) is 0 Å². The van der Waals surface area contributed by atoms with Gasteiger partial charge in [-0.1, -0.05) is 13.0 Å². The van der Waals surface area contributed by atoms with E-state index in [4.69, 9.17) is 0 Å². The van der Waals surface area contributed by atoms with Crippen LogP contribution in [0.5, 0.6) is 0 Å². The number of hydrogen-bond donors (Lipinski definition) is 2. The van der Waals surface area contributed by atoms with E-state index in [1.807, 2.05) is 13.0 Å². The number of benzene rings is 1. The minimum absolute atomic E-state index is 0.261. The fourth-order valence-corrected chi connectivity index (χ4v) is 3.69. The first-order chi connectivity index (χ1) is 10.0. The molecule has 5 nitrogen and oxygen atoms in total. The van der Waals surface area contributed by atoms with Gasteiger partial charge in [0.15, 0.2) is 5.13 Å². The largest absolute Gasteiger partial charge is 0.313 e. The van der Waals surface area contributed by atoms with Gasteiger partial charge in [0, 0.05) is 18.1 Å². The van der Waals surface area contributed by atoms with Crippen molar-refractivity contribution in [1.29, 1.82) is 0 Å². The molecule has 2 aromatic rings. The van der Waals surface area contributed by atoms with Gasteiger partial charge in [-0.3, -0.25) is 4.72 Å². The Bertz CT molecular complexity index is 682. The zero-order valence-corrected chi connectivity index (χ0v) is 13.7. The SMILES string of the molecule is CCCNCc1cc(S(=O)(=O)Nc2nccs2)ccc1C. The third kappa shape index (κ3) is 4.26. The predicted octanol–water partition coefficient (Wildman–Crippen LogP) is 2.75. The van der Waals surface area contributed by atoms with Crippen molar-refractivity contribution in [2.45, 2.75) is 31.7 Å². The number of aromatic nitrogens is 1. The molecule has 7 heteroatoms. The summed E-state index contributed by atoms with van der Waals surface area (Å²) in [6.07, 6.45) is 2.61. The summed E-state index contributed by atoms with van der Waals surface area (Å²) in [7, 11) is -3.58. The zero-order chi connectivity index (χ0) is 15.3. The Labute approximate surface area is 129 Å². The van der Waals surface area contributed by atoms with Crippen molar-refractivity contribution in [1.82, 2.24) is 10.3 Å². The molecule has 0 aliphatic rings. The molecule has 1 aromatic carbocycles. The second-order valence-corrected chi connectivity index (χ2v) is 7.28. The van der Waals surface area contributed by atoms with Crippen LogP contribution in [0.2, 0.25) is 0 Å². The van der Waals surface area contributed by atoms with E-state index in [1.54, 1.807) is 23.7 Å². The molecule has 2 N–H and O–H groups in total. The van der Waals surface area contributed by atoms with Gasteiger partial charge in [-0.15, -0.1) is 11.3 Å². The maximum absolute atomic E-state index is 12.3. The molecule has 0 aliphatic carbocycles. The van der Waals surface area contributed by atoms with Crippen LogP contribution in [0.3, 0.4) is 0 Å². The van der Waals surface area contributed by atoms with E-state index in [2.05, 4.69) is 21.9 Å². The lowest BCUT2D eigenvalue weighted by molar-refractivity contribution is 0.600. The van der Waals surface area contributed by atoms with Crippen molar-refractivity contribution < 1.29 is 8.42 Å². The van der Waals surface area contributed by atoms with Gasteiger partial charge in [0.1, 0.15) is 0 Å². The lowest BCUT2D eigenvalue weighted by Crippen LogP contribution is -2.17. The summed E-state index contributed by atoms with van der Waals surface area (Å²) >= 11 is 1.25. The Morgan fingerprint density at radius 2 is 2.14 bits per heavy atom. The molecule has 0 amide bonds. The first kappa shape index (κ1) is 15.9. The highest BCUT2D eigenvalue weighted by Crippen LogP contribution is 2.20. The van der Waals surface area contributed by atoms with Gasteiger partial charge in [-0.05, 0) is 43.1 Å². The van der Waals surface area contributed by atoms with Crippen LogP contribution in [-0.2, 0) is 16.6 Å². The minimum atomic E-state index is -3.58. The average molecular weight is 325 g/mol. The summed E-state index contributed by atoms with van der Waals surface area (Å²) in [6.45, 7) is 5.65. The molecule has 0 bridgehead atoms. The molecule has 0 unspecified atom stereocenters. The number of hydrogen-bond acceptors (Lipinski definition) is 5. The van der Waals surface area contributed by atoms with Gasteiger partial charge >= 0.3 is 0 Å². The Morgan fingerprint density at radius 1 is 1.33 bits per heavy atom. The number of anilines is 1. The molecule has 2 rings (SSSR count).